The highest BCUT2D eigenvalue weighted by atomic mass is 32.2. The third kappa shape index (κ3) is 3.71. The number of aliphatic hydroxyl groups is 1. The molecule has 0 bridgehead atoms. The summed E-state index contributed by atoms with van der Waals surface area (Å²) in [6.07, 6.45) is 2.28. The minimum atomic E-state index is -3.12. The molecule has 0 aliphatic carbocycles. The number of sulfonamides is 1. The maximum atomic E-state index is 11.8. The van der Waals surface area contributed by atoms with Crippen LogP contribution in [0.3, 0.4) is 0 Å². The zero-order chi connectivity index (χ0) is 12.2. The third-order valence-corrected chi connectivity index (χ3v) is 5.35. The number of hydrogen-bond donors (Lipinski definition) is 1. The van der Waals surface area contributed by atoms with E-state index in [1.165, 1.54) is 0 Å². The van der Waals surface area contributed by atoms with Gasteiger partial charge in [0.15, 0.2) is 0 Å². The fourth-order valence-electron chi connectivity index (χ4n) is 2.20. The van der Waals surface area contributed by atoms with Gasteiger partial charge in [-0.25, -0.2) is 12.7 Å². The third-order valence-electron chi connectivity index (χ3n) is 3.40. The van der Waals surface area contributed by atoms with Gasteiger partial charge < -0.3 is 5.11 Å². The lowest BCUT2D eigenvalue weighted by Crippen LogP contribution is -2.40. The summed E-state index contributed by atoms with van der Waals surface area (Å²) >= 11 is 0. The first-order valence-electron chi connectivity index (χ1n) is 6.06. The standard InChI is InChI=1S/C11H23NO3S/c1-10(2)11-4-6-12(7-5-11)16(14,15)9-3-8-13/h10-11,13H,3-9H2,1-2H3. The van der Waals surface area contributed by atoms with Gasteiger partial charge in [-0.2, -0.15) is 0 Å². The Morgan fingerprint density at radius 1 is 1.31 bits per heavy atom. The molecule has 0 radical (unpaired) electrons. The van der Waals surface area contributed by atoms with Gasteiger partial charge in [-0.05, 0) is 31.1 Å². The molecular formula is C11H23NO3S. The van der Waals surface area contributed by atoms with Crippen LogP contribution in [0.4, 0.5) is 0 Å². The molecule has 5 heteroatoms. The van der Waals surface area contributed by atoms with Crippen molar-refractivity contribution in [1.82, 2.24) is 4.31 Å². The molecule has 16 heavy (non-hydrogen) atoms. The Labute approximate surface area is 98.7 Å². The van der Waals surface area contributed by atoms with Crippen LogP contribution in [0.15, 0.2) is 0 Å². The molecular weight excluding hydrogens is 226 g/mol. The van der Waals surface area contributed by atoms with E-state index in [0.29, 0.717) is 31.3 Å². The van der Waals surface area contributed by atoms with Gasteiger partial charge in [0.05, 0.1) is 5.75 Å². The Morgan fingerprint density at radius 3 is 2.31 bits per heavy atom. The van der Waals surface area contributed by atoms with Crippen LogP contribution in [0.2, 0.25) is 0 Å². The second-order valence-corrected chi connectivity index (χ2v) is 6.96. The monoisotopic (exact) mass is 249 g/mol. The molecule has 4 nitrogen and oxygen atoms in total. The van der Waals surface area contributed by atoms with Crippen LogP contribution < -0.4 is 0 Å². The average molecular weight is 249 g/mol. The van der Waals surface area contributed by atoms with Crippen LogP contribution in [0.5, 0.6) is 0 Å². The van der Waals surface area contributed by atoms with E-state index in [0.717, 1.165) is 12.8 Å². The molecule has 0 amide bonds. The maximum Gasteiger partial charge on any atom is 0.214 e. The molecule has 0 spiro atoms. The Bertz CT molecular complexity index is 292. The van der Waals surface area contributed by atoms with Gasteiger partial charge in [0, 0.05) is 19.7 Å². The summed E-state index contributed by atoms with van der Waals surface area (Å²) in [6, 6.07) is 0. The van der Waals surface area contributed by atoms with E-state index in [1.807, 2.05) is 0 Å². The predicted octanol–water partition coefficient (Wildman–Crippen LogP) is 1.07. The van der Waals surface area contributed by atoms with Gasteiger partial charge in [0.25, 0.3) is 0 Å². The van der Waals surface area contributed by atoms with Crippen LogP contribution in [0.1, 0.15) is 33.1 Å². The first kappa shape index (κ1) is 13.9. The first-order valence-corrected chi connectivity index (χ1v) is 7.67. The first-order chi connectivity index (χ1) is 7.47. The number of hydrogen-bond acceptors (Lipinski definition) is 3. The molecule has 1 rings (SSSR count). The highest BCUT2D eigenvalue weighted by molar-refractivity contribution is 7.89. The average Bonchev–Trinajstić information content (AvgIpc) is 2.26. The molecule has 1 fully saturated rings. The summed E-state index contributed by atoms with van der Waals surface area (Å²) in [5, 5.41) is 8.66. The van der Waals surface area contributed by atoms with Crippen molar-refractivity contribution in [1.29, 1.82) is 0 Å². The lowest BCUT2D eigenvalue weighted by molar-refractivity contribution is 0.225. The van der Waals surface area contributed by atoms with Gasteiger partial charge in [-0.15, -0.1) is 0 Å². The molecule has 0 aromatic rings. The molecule has 0 aromatic carbocycles. The van der Waals surface area contributed by atoms with Crippen LogP contribution in [0.25, 0.3) is 0 Å². The van der Waals surface area contributed by atoms with Gasteiger partial charge in [0.1, 0.15) is 0 Å². The van der Waals surface area contributed by atoms with Crippen molar-refractivity contribution in [2.24, 2.45) is 11.8 Å². The summed E-state index contributed by atoms with van der Waals surface area (Å²) in [7, 11) is -3.12. The van der Waals surface area contributed by atoms with Crippen molar-refractivity contribution in [3.05, 3.63) is 0 Å². The summed E-state index contributed by atoms with van der Waals surface area (Å²) < 4.78 is 25.3. The highest BCUT2D eigenvalue weighted by Gasteiger charge is 2.28. The van der Waals surface area contributed by atoms with Crippen molar-refractivity contribution in [2.75, 3.05) is 25.4 Å². The number of piperidine rings is 1. The highest BCUT2D eigenvalue weighted by Crippen LogP contribution is 2.25. The molecule has 0 aromatic heterocycles. The van der Waals surface area contributed by atoms with E-state index in [2.05, 4.69) is 13.8 Å². The van der Waals surface area contributed by atoms with Crippen LogP contribution in [-0.4, -0.2) is 43.3 Å². The van der Waals surface area contributed by atoms with Crippen molar-refractivity contribution in [3.8, 4) is 0 Å². The van der Waals surface area contributed by atoms with Crippen molar-refractivity contribution < 1.29 is 13.5 Å². The molecule has 0 atom stereocenters. The van der Waals surface area contributed by atoms with Crippen LogP contribution in [0, 0.1) is 11.8 Å². The molecule has 1 saturated heterocycles. The summed E-state index contributed by atoms with van der Waals surface area (Å²) in [5.41, 5.74) is 0. The minimum Gasteiger partial charge on any atom is -0.396 e. The van der Waals surface area contributed by atoms with E-state index in [4.69, 9.17) is 5.11 Å². The van der Waals surface area contributed by atoms with Gasteiger partial charge in [0.2, 0.25) is 10.0 Å². The smallest absolute Gasteiger partial charge is 0.214 e. The molecule has 0 saturated carbocycles. The van der Waals surface area contributed by atoms with E-state index in [1.54, 1.807) is 4.31 Å². The topological polar surface area (TPSA) is 57.6 Å². The number of aliphatic hydroxyl groups excluding tert-OH is 1. The van der Waals surface area contributed by atoms with Gasteiger partial charge >= 0.3 is 0 Å². The van der Waals surface area contributed by atoms with Gasteiger partial charge in [-0.3, -0.25) is 0 Å². The molecule has 1 N–H and O–H groups in total. The van der Waals surface area contributed by atoms with E-state index < -0.39 is 10.0 Å². The normalized spacial score (nSPS) is 20.5. The fourth-order valence-corrected chi connectivity index (χ4v) is 3.72. The quantitative estimate of drug-likeness (QED) is 0.793. The number of nitrogens with zero attached hydrogens (tertiary/aromatic N) is 1. The maximum absolute atomic E-state index is 11.8. The van der Waals surface area contributed by atoms with E-state index in [9.17, 15) is 8.42 Å². The SMILES string of the molecule is CC(C)C1CCN(S(=O)(=O)CCCO)CC1. The van der Waals surface area contributed by atoms with E-state index in [-0.39, 0.29) is 12.4 Å². The molecule has 0 unspecified atom stereocenters. The van der Waals surface area contributed by atoms with Crippen molar-refractivity contribution in [3.63, 3.8) is 0 Å². The Morgan fingerprint density at radius 2 is 1.88 bits per heavy atom. The number of rotatable bonds is 5. The molecule has 1 aliphatic heterocycles. The lowest BCUT2D eigenvalue weighted by atomic mass is 9.87. The zero-order valence-corrected chi connectivity index (χ0v) is 11.0. The summed E-state index contributed by atoms with van der Waals surface area (Å²) in [5.74, 6) is 1.38. The summed E-state index contributed by atoms with van der Waals surface area (Å²) in [6.45, 7) is 5.64. The van der Waals surface area contributed by atoms with Crippen molar-refractivity contribution in [2.45, 2.75) is 33.1 Å². The Kier molecular flexibility index (Phi) is 5.21. The Balaban J connectivity index is 2.47. The molecule has 96 valence electrons. The predicted molar refractivity (Wildman–Crippen MR) is 64.6 cm³/mol. The van der Waals surface area contributed by atoms with Gasteiger partial charge in [-0.1, -0.05) is 13.8 Å². The molecule has 1 aliphatic rings. The largest absolute Gasteiger partial charge is 0.396 e. The zero-order valence-electron chi connectivity index (χ0n) is 10.2. The Hall–Kier alpha value is -0.130. The van der Waals surface area contributed by atoms with Crippen LogP contribution in [-0.2, 0) is 10.0 Å². The minimum absolute atomic E-state index is 0.0539. The van der Waals surface area contributed by atoms with Crippen LogP contribution >= 0.6 is 0 Å². The van der Waals surface area contributed by atoms with Crippen molar-refractivity contribution >= 4 is 10.0 Å². The summed E-state index contributed by atoms with van der Waals surface area (Å²) in [4.78, 5) is 0. The van der Waals surface area contributed by atoms with E-state index >= 15 is 0 Å². The second-order valence-electron chi connectivity index (χ2n) is 4.87. The molecule has 1 heterocycles. The second kappa shape index (κ2) is 5.98. The lowest BCUT2D eigenvalue weighted by Gasteiger charge is -2.33. The fraction of sp³-hybridized carbons (Fsp3) is 1.00.